The van der Waals surface area contributed by atoms with Crippen LogP contribution in [0, 0.1) is 10.1 Å². The summed E-state index contributed by atoms with van der Waals surface area (Å²) in [7, 11) is -3.58. The van der Waals surface area contributed by atoms with E-state index in [1.165, 1.54) is 30.3 Å². The van der Waals surface area contributed by atoms with E-state index in [-0.39, 0.29) is 33.8 Å². The minimum Gasteiger partial charge on any atom is -0.325 e. The van der Waals surface area contributed by atoms with Gasteiger partial charge in [0.05, 0.1) is 15.6 Å². The van der Waals surface area contributed by atoms with Crippen molar-refractivity contribution in [2.75, 3.05) is 11.1 Å². The largest absolute Gasteiger partial charge is 0.325 e. The van der Waals surface area contributed by atoms with Gasteiger partial charge in [-0.05, 0) is 25.1 Å². The molecular weight excluding hydrogens is 442 g/mol. The van der Waals surface area contributed by atoms with Gasteiger partial charge in [-0.15, -0.1) is 10.2 Å². The number of nitro groups is 1. The molecule has 2 aromatic carbocycles. The first-order valence-corrected chi connectivity index (χ1v) is 11.8. The Bertz CT molecular complexity index is 1200. The molecule has 0 aliphatic carbocycles. The molecular formula is C19H19N5O5S2. The monoisotopic (exact) mass is 461 g/mol. The number of nitrogens with one attached hydrogen (secondary N) is 1. The molecule has 12 heteroatoms. The van der Waals surface area contributed by atoms with Gasteiger partial charge >= 0.3 is 0 Å². The van der Waals surface area contributed by atoms with E-state index < -0.39 is 14.8 Å². The predicted molar refractivity (Wildman–Crippen MR) is 115 cm³/mol. The van der Waals surface area contributed by atoms with Crippen LogP contribution < -0.4 is 5.32 Å². The molecule has 3 aromatic rings. The number of anilines is 1. The van der Waals surface area contributed by atoms with Crippen LogP contribution in [0.3, 0.4) is 0 Å². The van der Waals surface area contributed by atoms with Crippen molar-refractivity contribution in [3.8, 4) is 0 Å². The number of rotatable bonds is 9. The first-order valence-electron chi connectivity index (χ1n) is 9.17. The highest BCUT2D eigenvalue weighted by Crippen LogP contribution is 2.22. The first-order chi connectivity index (χ1) is 14.8. The van der Waals surface area contributed by atoms with Gasteiger partial charge in [-0.25, -0.2) is 8.42 Å². The van der Waals surface area contributed by atoms with Crippen LogP contribution in [0.5, 0.6) is 0 Å². The van der Waals surface area contributed by atoms with Crippen molar-refractivity contribution in [2.24, 2.45) is 0 Å². The maximum absolute atomic E-state index is 12.6. The summed E-state index contributed by atoms with van der Waals surface area (Å²) in [5, 5.41) is 21.9. The van der Waals surface area contributed by atoms with Gasteiger partial charge in [-0.2, -0.15) is 0 Å². The highest BCUT2D eigenvalue weighted by molar-refractivity contribution is 7.99. The molecule has 1 heterocycles. The molecule has 0 aliphatic heterocycles. The SMILES string of the molecule is CCn1c(CS(=O)(=O)c2ccccc2)nnc1SCC(=O)Nc1cccc([N+](=O)[O-])c1. The Hall–Kier alpha value is -3.25. The van der Waals surface area contributed by atoms with Crippen molar-refractivity contribution < 1.29 is 18.1 Å². The highest BCUT2D eigenvalue weighted by atomic mass is 32.2. The number of hydrogen-bond donors (Lipinski definition) is 1. The van der Waals surface area contributed by atoms with Crippen LogP contribution in [0.25, 0.3) is 0 Å². The Kier molecular flexibility index (Phi) is 7.02. The summed E-state index contributed by atoms with van der Waals surface area (Å²) in [4.78, 5) is 22.7. The van der Waals surface area contributed by atoms with E-state index in [2.05, 4.69) is 15.5 Å². The fourth-order valence-corrected chi connectivity index (χ4v) is 4.87. The molecule has 3 rings (SSSR count). The Morgan fingerprint density at radius 2 is 1.90 bits per heavy atom. The summed E-state index contributed by atoms with van der Waals surface area (Å²) < 4.78 is 26.9. The second kappa shape index (κ2) is 9.71. The molecule has 0 saturated carbocycles. The van der Waals surface area contributed by atoms with E-state index in [4.69, 9.17) is 0 Å². The summed E-state index contributed by atoms with van der Waals surface area (Å²) in [6.45, 7) is 2.26. The summed E-state index contributed by atoms with van der Waals surface area (Å²) in [5.41, 5.74) is 0.187. The zero-order valence-electron chi connectivity index (χ0n) is 16.5. The van der Waals surface area contributed by atoms with Crippen LogP contribution in [-0.2, 0) is 26.9 Å². The van der Waals surface area contributed by atoms with Crippen molar-refractivity contribution in [3.05, 3.63) is 70.5 Å². The van der Waals surface area contributed by atoms with Crippen LogP contribution >= 0.6 is 11.8 Å². The molecule has 0 spiro atoms. The minimum atomic E-state index is -3.58. The normalized spacial score (nSPS) is 11.3. The first kappa shape index (κ1) is 22.4. The van der Waals surface area contributed by atoms with Crippen LogP contribution in [0.1, 0.15) is 12.7 Å². The number of non-ortho nitro benzene ring substituents is 1. The zero-order valence-corrected chi connectivity index (χ0v) is 18.1. The number of sulfone groups is 1. The van der Waals surface area contributed by atoms with E-state index in [1.54, 1.807) is 28.8 Å². The van der Waals surface area contributed by atoms with Gasteiger partial charge in [-0.1, -0.05) is 36.0 Å². The second-order valence-corrected chi connectivity index (χ2v) is 9.29. The zero-order chi connectivity index (χ0) is 22.4. The number of aromatic nitrogens is 3. The number of benzene rings is 2. The molecule has 0 atom stereocenters. The average Bonchev–Trinajstić information content (AvgIpc) is 3.13. The van der Waals surface area contributed by atoms with Crippen molar-refractivity contribution in [3.63, 3.8) is 0 Å². The van der Waals surface area contributed by atoms with Crippen LogP contribution in [0.15, 0.2) is 64.6 Å². The van der Waals surface area contributed by atoms with E-state index in [0.717, 1.165) is 11.8 Å². The molecule has 0 aliphatic rings. The predicted octanol–water partition coefficient (Wildman–Crippen LogP) is 2.91. The lowest BCUT2D eigenvalue weighted by Gasteiger charge is -2.08. The topological polar surface area (TPSA) is 137 Å². The molecule has 1 aromatic heterocycles. The lowest BCUT2D eigenvalue weighted by molar-refractivity contribution is -0.384. The molecule has 10 nitrogen and oxygen atoms in total. The van der Waals surface area contributed by atoms with E-state index in [9.17, 15) is 23.3 Å². The Labute approximate surface area is 182 Å². The van der Waals surface area contributed by atoms with Crippen molar-refractivity contribution in [1.82, 2.24) is 14.8 Å². The van der Waals surface area contributed by atoms with E-state index >= 15 is 0 Å². The third kappa shape index (κ3) is 5.67. The van der Waals surface area contributed by atoms with Crippen LogP contribution in [-0.4, -0.2) is 39.8 Å². The molecule has 0 fully saturated rings. The van der Waals surface area contributed by atoms with Gasteiger partial charge in [0.25, 0.3) is 5.69 Å². The maximum atomic E-state index is 12.6. The number of carbonyl (C=O) groups is 1. The third-order valence-electron chi connectivity index (χ3n) is 4.20. The van der Waals surface area contributed by atoms with Gasteiger partial charge in [0.1, 0.15) is 11.6 Å². The summed E-state index contributed by atoms with van der Waals surface area (Å²) in [5.74, 6) is -0.424. The fourth-order valence-electron chi connectivity index (χ4n) is 2.76. The molecule has 162 valence electrons. The van der Waals surface area contributed by atoms with E-state index in [0.29, 0.717) is 17.4 Å². The van der Waals surface area contributed by atoms with E-state index in [1.807, 2.05) is 6.92 Å². The number of thioether (sulfide) groups is 1. The molecule has 1 amide bonds. The Balaban J connectivity index is 1.66. The van der Waals surface area contributed by atoms with Gasteiger partial charge in [0.15, 0.2) is 15.0 Å². The number of carbonyl (C=O) groups excluding carboxylic acids is 1. The third-order valence-corrected chi connectivity index (χ3v) is 6.80. The smallest absolute Gasteiger partial charge is 0.271 e. The lowest BCUT2D eigenvalue weighted by Crippen LogP contribution is -2.15. The maximum Gasteiger partial charge on any atom is 0.271 e. The Morgan fingerprint density at radius 1 is 1.16 bits per heavy atom. The number of nitro benzene ring substituents is 1. The molecule has 1 N–H and O–H groups in total. The number of nitrogens with zero attached hydrogens (tertiary/aromatic N) is 4. The van der Waals surface area contributed by atoms with Crippen molar-refractivity contribution in [2.45, 2.75) is 29.3 Å². The highest BCUT2D eigenvalue weighted by Gasteiger charge is 2.21. The van der Waals surface area contributed by atoms with Gasteiger partial charge < -0.3 is 9.88 Å². The molecule has 0 radical (unpaired) electrons. The summed E-state index contributed by atoms with van der Waals surface area (Å²) in [6, 6.07) is 13.7. The number of hydrogen-bond acceptors (Lipinski definition) is 8. The lowest BCUT2D eigenvalue weighted by atomic mass is 10.3. The average molecular weight is 462 g/mol. The molecule has 31 heavy (non-hydrogen) atoms. The standard InChI is InChI=1S/C19H19N5O5S2/c1-2-23-17(13-31(28,29)16-9-4-3-5-10-16)21-22-19(23)30-12-18(25)20-14-7-6-8-15(11-14)24(26)27/h3-11H,2,12-13H2,1H3,(H,20,25). The molecule has 0 saturated heterocycles. The minimum absolute atomic E-state index is 0.0216. The Morgan fingerprint density at radius 3 is 2.58 bits per heavy atom. The fraction of sp³-hybridized carbons (Fsp3) is 0.211. The van der Waals surface area contributed by atoms with Crippen molar-refractivity contribution >= 4 is 38.9 Å². The quantitative estimate of drug-likeness (QED) is 0.292. The van der Waals surface area contributed by atoms with Crippen LogP contribution in [0.2, 0.25) is 0 Å². The van der Waals surface area contributed by atoms with Crippen LogP contribution in [0.4, 0.5) is 11.4 Å². The van der Waals surface area contributed by atoms with Crippen molar-refractivity contribution in [1.29, 1.82) is 0 Å². The van der Waals surface area contributed by atoms with Gasteiger partial charge in [0.2, 0.25) is 5.91 Å². The molecule has 0 unspecified atom stereocenters. The number of amides is 1. The van der Waals surface area contributed by atoms with Gasteiger partial charge in [0, 0.05) is 24.4 Å². The summed E-state index contributed by atoms with van der Waals surface area (Å²) >= 11 is 1.10. The second-order valence-electron chi connectivity index (χ2n) is 6.36. The van der Waals surface area contributed by atoms with Gasteiger partial charge in [-0.3, -0.25) is 14.9 Å². The summed E-state index contributed by atoms with van der Waals surface area (Å²) in [6.07, 6.45) is 0. The molecule has 0 bridgehead atoms.